The van der Waals surface area contributed by atoms with Gasteiger partial charge in [0.1, 0.15) is 0 Å². The van der Waals surface area contributed by atoms with Gasteiger partial charge in [0, 0.05) is 7.05 Å². The average molecular weight is 218 g/mol. The van der Waals surface area contributed by atoms with Gasteiger partial charge in [-0.2, -0.15) is 0 Å². The number of hydrogen-bond donors (Lipinski definition) is 0. The van der Waals surface area contributed by atoms with E-state index in [2.05, 4.69) is 0 Å². The standard InChI is InChI=1S/C12H12NO3/c1-13(16-2)12(15)11(9-14)8-10-6-4-3-5-7-10/h3-8H,1-2H3. The summed E-state index contributed by atoms with van der Waals surface area (Å²) in [6.07, 6.45) is 3.07. The Morgan fingerprint density at radius 1 is 1.38 bits per heavy atom. The molecule has 1 radical (unpaired) electrons. The van der Waals surface area contributed by atoms with E-state index in [-0.39, 0.29) is 5.57 Å². The number of likely N-dealkylation sites (N-methyl/N-ethyl adjacent to an activating group) is 1. The summed E-state index contributed by atoms with van der Waals surface area (Å²) in [6.45, 7) is 0. The molecule has 0 bridgehead atoms. The molecular formula is C12H12NO3. The van der Waals surface area contributed by atoms with Gasteiger partial charge in [0.05, 0.1) is 12.7 Å². The molecule has 0 aromatic heterocycles. The smallest absolute Gasteiger partial charge is 0.281 e. The number of carbonyl (C=O) groups is 1. The monoisotopic (exact) mass is 218 g/mol. The maximum absolute atomic E-state index is 11.6. The number of benzene rings is 1. The van der Waals surface area contributed by atoms with Gasteiger partial charge in [0.25, 0.3) is 5.91 Å². The zero-order chi connectivity index (χ0) is 12.0. The molecule has 0 saturated heterocycles. The third kappa shape index (κ3) is 3.03. The van der Waals surface area contributed by atoms with Crippen molar-refractivity contribution < 1.29 is 14.4 Å². The van der Waals surface area contributed by atoms with Crippen LogP contribution in [0.2, 0.25) is 0 Å². The first-order valence-electron chi connectivity index (χ1n) is 4.66. The Hall–Kier alpha value is -1.94. The van der Waals surface area contributed by atoms with Gasteiger partial charge in [-0.3, -0.25) is 14.4 Å². The van der Waals surface area contributed by atoms with Crippen LogP contribution in [0.15, 0.2) is 35.9 Å². The molecule has 0 N–H and O–H groups in total. The van der Waals surface area contributed by atoms with Crippen molar-refractivity contribution in [3.05, 3.63) is 41.5 Å². The third-order valence-electron chi connectivity index (χ3n) is 2.01. The van der Waals surface area contributed by atoms with Crippen molar-refractivity contribution in [2.75, 3.05) is 14.2 Å². The summed E-state index contributed by atoms with van der Waals surface area (Å²) in [4.78, 5) is 27.0. The number of nitrogens with zero attached hydrogens (tertiary/aromatic N) is 1. The molecule has 0 atom stereocenters. The van der Waals surface area contributed by atoms with E-state index in [0.29, 0.717) is 0 Å². The van der Waals surface area contributed by atoms with Crippen LogP contribution in [-0.2, 0) is 14.4 Å². The van der Waals surface area contributed by atoms with Crippen LogP contribution in [0.25, 0.3) is 6.08 Å². The molecule has 0 spiro atoms. The lowest BCUT2D eigenvalue weighted by Gasteiger charge is -2.12. The summed E-state index contributed by atoms with van der Waals surface area (Å²) < 4.78 is 0. The number of hydroxylamine groups is 2. The first kappa shape index (κ1) is 12.1. The summed E-state index contributed by atoms with van der Waals surface area (Å²) in [6, 6.07) is 9.07. The molecule has 0 unspecified atom stereocenters. The van der Waals surface area contributed by atoms with Crippen molar-refractivity contribution in [1.29, 1.82) is 0 Å². The molecule has 1 aromatic rings. The van der Waals surface area contributed by atoms with Crippen molar-refractivity contribution in [3.8, 4) is 0 Å². The highest BCUT2D eigenvalue weighted by molar-refractivity contribution is 6.14. The van der Waals surface area contributed by atoms with Gasteiger partial charge < -0.3 is 0 Å². The predicted molar refractivity (Wildman–Crippen MR) is 59.9 cm³/mol. The van der Waals surface area contributed by atoms with Crippen LogP contribution < -0.4 is 0 Å². The molecule has 16 heavy (non-hydrogen) atoms. The summed E-state index contributed by atoms with van der Waals surface area (Å²) >= 11 is 0. The van der Waals surface area contributed by atoms with E-state index in [0.717, 1.165) is 10.6 Å². The SMILES string of the molecule is CON(C)C(=O)C([C]=O)=Cc1ccccc1. The van der Waals surface area contributed by atoms with Gasteiger partial charge >= 0.3 is 0 Å². The second-order valence-corrected chi connectivity index (χ2v) is 3.06. The second-order valence-electron chi connectivity index (χ2n) is 3.06. The van der Waals surface area contributed by atoms with Crippen molar-refractivity contribution in [2.45, 2.75) is 0 Å². The predicted octanol–water partition coefficient (Wildman–Crippen LogP) is 1.20. The van der Waals surface area contributed by atoms with E-state index in [9.17, 15) is 9.59 Å². The van der Waals surface area contributed by atoms with E-state index in [1.165, 1.54) is 20.2 Å². The van der Waals surface area contributed by atoms with E-state index < -0.39 is 5.91 Å². The van der Waals surface area contributed by atoms with Gasteiger partial charge in [-0.25, -0.2) is 5.06 Å². The first-order chi connectivity index (χ1) is 7.69. The lowest BCUT2D eigenvalue weighted by atomic mass is 10.1. The normalized spacial score (nSPS) is 11.0. The minimum Gasteiger partial charge on any atom is -0.285 e. The minimum atomic E-state index is -0.527. The molecule has 0 fully saturated rings. The molecule has 0 saturated carbocycles. The van der Waals surface area contributed by atoms with Crippen LogP contribution in [-0.4, -0.2) is 31.4 Å². The summed E-state index contributed by atoms with van der Waals surface area (Å²) in [7, 11) is 2.78. The Labute approximate surface area is 94.1 Å². The Bertz CT molecular complexity index is 398. The highest BCUT2D eigenvalue weighted by atomic mass is 16.7. The fraction of sp³-hybridized carbons (Fsp3) is 0.167. The maximum Gasteiger partial charge on any atom is 0.281 e. The van der Waals surface area contributed by atoms with Crippen molar-refractivity contribution in [3.63, 3.8) is 0 Å². The summed E-state index contributed by atoms with van der Waals surface area (Å²) in [5, 5.41) is 0.972. The Morgan fingerprint density at radius 2 is 2.00 bits per heavy atom. The zero-order valence-corrected chi connectivity index (χ0v) is 9.14. The molecule has 1 amide bonds. The number of rotatable bonds is 4. The average Bonchev–Trinajstić information content (AvgIpc) is 2.35. The lowest BCUT2D eigenvalue weighted by Crippen LogP contribution is -2.27. The minimum absolute atomic E-state index is 0.0736. The van der Waals surface area contributed by atoms with Gasteiger partial charge in [-0.15, -0.1) is 0 Å². The van der Waals surface area contributed by atoms with Gasteiger partial charge in [-0.05, 0) is 11.6 Å². The molecule has 0 heterocycles. The Balaban J connectivity index is 2.95. The van der Waals surface area contributed by atoms with E-state index >= 15 is 0 Å². The number of hydrogen-bond acceptors (Lipinski definition) is 3. The second kappa shape index (κ2) is 5.82. The molecule has 1 rings (SSSR count). The van der Waals surface area contributed by atoms with Crippen LogP contribution >= 0.6 is 0 Å². The lowest BCUT2D eigenvalue weighted by molar-refractivity contribution is -0.163. The molecular weight excluding hydrogens is 206 g/mol. The molecule has 4 heteroatoms. The van der Waals surface area contributed by atoms with Crippen LogP contribution in [0.5, 0.6) is 0 Å². The molecule has 83 valence electrons. The van der Waals surface area contributed by atoms with Crippen LogP contribution in [0, 0.1) is 0 Å². The Morgan fingerprint density at radius 3 is 2.50 bits per heavy atom. The summed E-state index contributed by atoms with van der Waals surface area (Å²) in [5.41, 5.74) is 0.689. The van der Waals surface area contributed by atoms with E-state index in [1.54, 1.807) is 18.4 Å². The zero-order valence-electron chi connectivity index (χ0n) is 9.14. The fourth-order valence-electron chi connectivity index (χ4n) is 1.10. The summed E-state index contributed by atoms with van der Waals surface area (Å²) in [5.74, 6) is -0.527. The largest absolute Gasteiger partial charge is 0.285 e. The fourth-order valence-corrected chi connectivity index (χ4v) is 1.10. The highest BCUT2D eigenvalue weighted by Crippen LogP contribution is 2.07. The molecule has 1 aromatic carbocycles. The van der Waals surface area contributed by atoms with Crippen LogP contribution in [0.4, 0.5) is 0 Å². The van der Waals surface area contributed by atoms with Gasteiger partial charge in [0.15, 0.2) is 0 Å². The van der Waals surface area contributed by atoms with Crippen LogP contribution in [0.3, 0.4) is 0 Å². The molecule has 4 nitrogen and oxygen atoms in total. The van der Waals surface area contributed by atoms with Gasteiger partial charge in [-0.1, -0.05) is 30.3 Å². The quantitative estimate of drug-likeness (QED) is 0.330. The maximum atomic E-state index is 11.6. The van der Waals surface area contributed by atoms with Crippen molar-refractivity contribution in [1.82, 2.24) is 5.06 Å². The number of carbonyl (C=O) groups excluding carboxylic acids is 2. The molecule has 0 aliphatic heterocycles. The van der Waals surface area contributed by atoms with Crippen molar-refractivity contribution in [2.24, 2.45) is 0 Å². The first-order valence-corrected chi connectivity index (χ1v) is 4.66. The van der Waals surface area contributed by atoms with Gasteiger partial charge in [0.2, 0.25) is 6.29 Å². The third-order valence-corrected chi connectivity index (χ3v) is 2.01. The van der Waals surface area contributed by atoms with E-state index in [4.69, 9.17) is 4.84 Å². The van der Waals surface area contributed by atoms with Crippen molar-refractivity contribution >= 4 is 18.3 Å². The Kier molecular flexibility index (Phi) is 4.42. The van der Waals surface area contributed by atoms with E-state index in [1.807, 2.05) is 18.2 Å². The highest BCUT2D eigenvalue weighted by Gasteiger charge is 2.14. The molecule has 0 aliphatic carbocycles. The topological polar surface area (TPSA) is 46.6 Å². The number of amides is 1. The van der Waals surface area contributed by atoms with Crippen LogP contribution in [0.1, 0.15) is 5.56 Å². The molecule has 0 aliphatic rings.